The van der Waals surface area contributed by atoms with Crippen LogP contribution in [-0.2, 0) is 0 Å². The number of carboxylic acid groups (broad SMARTS) is 1. The lowest BCUT2D eigenvalue weighted by Crippen LogP contribution is -1.97. The Morgan fingerprint density at radius 3 is 2.80 bits per heavy atom. The van der Waals surface area contributed by atoms with Crippen molar-refractivity contribution in [1.29, 1.82) is 0 Å². The van der Waals surface area contributed by atoms with Crippen LogP contribution < -0.4 is 0 Å². The van der Waals surface area contributed by atoms with Crippen LogP contribution in [0, 0.1) is 0 Å². The van der Waals surface area contributed by atoms with Crippen molar-refractivity contribution in [2.24, 2.45) is 0 Å². The van der Waals surface area contributed by atoms with Gasteiger partial charge in [-0.05, 0) is 19.3 Å². The van der Waals surface area contributed by atoms with Crippen molar-refractivity contribution in [3.63, 3.8) is 0 Å². The van der Waals surface area contributed by atoms with E-state index in [1.165, 1.54) is 11.3 Å². The Kier molecular flexibility index (Phi) is 2.78. The topological polar surface area (TPSA) is 50.2 Å². The third-order valence-corrected chi connectivity index (χ3v) is 4.15. The highest BCUT2D eigenvalue weighted by Crippen LogP contribution is 2.43. The number of thiazole rings is 1. The highest BCUT2D eigenvalue weighted by molar-refractivity contribution is 7.13. The van der Waals surface area contributed by atoms with Gasteiger partial charge in [0.1, 0.15) is 4.88 Å². The number of hydrogen-bond acceptors (Lipinski definition) is 3. The van der Waals surface area contributed by atoms with Gasteiger partial charge in [0.05, 0.1) is 10.7 Å². The Morgan fingerprint density at radius 2 is 2.33 bits per heavy atom. The SMILES string of the molecule is CCC(C)c1nc(C2CC2)c(C(=O)O)s1. The van der Waals surface area contributed by atoms with Gasteiger partial charge in [-0.3, -0.25) is 0 Å². The molecule has 0 spiro atoms. The van der Waals surface area contributed by atoms with Crippen LogP contribution >= 0.6 is 11.3 Å². The fourth-order valence-electron chi connectivity index (χ4n) is 1.52. The summed E-state index contributed by atoms with van der Waals surface area (Å²) < 4.78 is 0. The molecule has 0 amide bonds. The van der Waals surface area contributed by atoms with E-state index >= 15 is 0 Å². The predicted octanol–water partition coefficient (Wildman–Crippen LogP) is 3.23. The van der Waals surface area contributed by atoms with E-state index in [1.54, 1.807) is 0 Å². The summed E-state index contributed by atoms with van der Waals surface area (Å²) in [7, 11) is 0. The summed E-state index contributed by atoms with van der Waals surface area (Å²) in [6, 6.07) is 0. The second kappa shape index (κ2) is 3.93. The molecule has 1 heterocycles. The molecule has 0 aromatic carbocycles. The molecule has 0 bridgehead atoms. The fourth-order valence-corrected chi connectivity index (χ4v) is 2.65. The van der Waals surface area contributed by atoms with Crippen LogP contribution in [0.25, 0.3) is 0 Å². The van der Waals surface area contributed by atoms with Crippen molar-refractivity contribution in [2.45, 2.75) is 44.9 Å². The molecule has 1 fully saturated rings. The van der Waals surface area contributed by atoms with Crippen LogP contribution in [0.4, 0.5) is 0 Å². The first kappa shape index (κ1) is 10.6. The highest BCUT2D eigenvalue weighted by Gasteiger charge is 2.32. The zero-order chi connectivity index (χ0) is 11.0. The summed E-state index contributed by atoms with van der Waals surface area (Å²) in [5.41, 5.74) is 0.836. The van der Waals surface area contributed by atoms with Crippen LogP contribution in [0.2, 0.25) is 0 Å². The summed E-state index contributed by atoms with van der Waals surface area (Å²) in [6.45, 7) is 4.20. The Hall–Kier alpha value is -0.900. The molecule has 0 aliphatic heterocycles. The normalized spacial score (nSPS) is 17.7. The summed E-state index contributed by atoms with van der Waals surface area (Å²) in [5.74, 6) is -0.0188. The molecule has 4 heteroatoms. The van der Waals surface area contributed by atoms with Gasteiger partial charge in [-0.1, -0.05) is 13.8 Å². The molecule has 3 nitrogen and oxygen atoms in total. The first-order chi connectivity index (χ1) is 7.13. The van der Waals surface area contributed by atoms with Gasteiger partial charge >= 0.3 is 5.97 Å². The Balaban J connectivity index is 2.35. The van der Waals surface area contributed by atoms with Gasteiger partial charge in [-0.15, -0.1) is 11.3 Å². The third-order valence-electron chi connectivity index (χ3n) is 2.86. The van der Waals surface area contributed by atoms with Crippen molar-refractivity contribution in [2.75, 3.05) is 0 Å². The molecule has 1 unspecified atom stereocenters. The molecule has 1 aromatic heterocycles. The highest BCUT2D eigenvalue weighted by atomic mass is 32.1. The van der Waals surface area contributed by atoms with Crippen molar-refractivity contribution < 1.29 is 9.90 Å². The quantitative estimate of drug-likeness (QED) is 0.855. The van der Waals surface area contributed by atoms with Gasteiger partial charge in [0.2, 0.25) is 0 Å². The molecule has 1 saturated carbocycles. The van der Waals surface area contributed by atoms with Gasteiger partial charge in [0, 0.05) is 11.8 Å². The van der Waals surface area contributed by atoms with E-state index in [0.29, 0.717) is 16.7 Å². The maximum atomic E-state index is 11.0. The minimum atomic E-state index is -0.816. The molecule has 0 radical (unpaired) electrons. The molecule has 82 valence electrons. The smallest absolute Gasteiger partial charge is 0.347 e. The molecular weight excluding hydrogens is 210 g/mol. The van der Waals surface area contributed by atoms with Gasteiger partial charge in [-0.25, -0.2) is 9.78 Å². The minimum Gasteiger partial charge on any atom is -0.477 e. The molecule has 1 aliphatic carbocycles. The number of hydrogen-bond donors (Lipinski definition) is 1. The Labute approximate surface area is 93.2 Å². The van der Waals surface area contributed by atoms with Gasteiger partial charge in [-0.2, -0.15) is 0 Å². The molecule has 0 saturated heterocycles. The summed E-state index contributed by atoms with van der Waals surface area (Å²) >= 11 is 1.36. The summed E-state index contributed by atoms with van der Waals surface area (Å²) in [5, 5.41) is 10.1. The molecular formula is C11H15NO2S. The molecule has 1 aromatic rings. The molecule has 1 N–H and O–H groups in total. The van der Waals surface area contributed by atoms with Crippen LogP contribution in [-0.4, -0.2) is 16.1 Å². The van der Waals surface area contributed by atoms with Crippen LogP contribution in [0.5, 0.6) is 0 Å². The maximum absolute atomic E-state index is 11.0. The van der Waals surface area contributed by atoms with Crippen molar-refractivity contribution in [3.05, 3.63) is 15.6 Å². The van der Waals surface area contributed by atoms with E-state index in [1.807, 2.05) is 0 Å². The minimum absolute atomic E-state index is 0.376. The lowest BCUT2D eigenvalue weighted by molar-refractivity contribution is 0.0700. The fraction of sp³-hybridized carbons (Fsp3) is 0.636. The second-order valence-electron chi connectivity index (χ2n) is 4.16. The van der Waals surface area contributed by atoms with Crippen LogP contribution in [0.15, 0.2) is 0 Å². The number of rotatable bonds is 4. The largest absolute Gasteiger partial charge is 0.477 e. The van der Waals surface area contributed by atoms with Gasteiger partial charge in [0.25, 0.3) is 0 Å². The lowest BCUT2D eigenvalue weighted by Gasteiger charge is -2.01. The van der Waals surface area contributed by atoms with Crippen molar-refractivity contribution in [1.82, 2.24) is 4.98 Å². The first-order valence-electron chi connectivity index (χ1n) is 5.37. The van der Waals surface area contributed by atoms with Crippen molar-refractivity contribution >= 4 is 17.3 Å². The monoisotopic (exact) mass is 225 g/mol. The summed E-state index contributed by atoms with van der Waals surface area (Å²) in [4.78, 5) is 16.0. The number of carbonyl (C=O) groups is 1. The standard InChI is InChI=1S/C11H15NO2S/c1-3-6(2)10-12-8(7-4-5-7)9(15-10)11(13)14/h6-7H,3-5H2,1-2H3,(H,13,14). The molecule has 2 rings (SSSR count). The van der Waals surface area contributed by atoms with Crippen molar-refractivity contribution in [3.8, 4) is 0 Å². The first-order valence-corrected chi connectivity index (χ1v) is 6.19. The lowest BCUT2D eigenvalue weighted by atomic mass is 10.1. The van der Waals surface area contributed by atoms with E-state index in [2.05, 4.69) is 18.8 Å². The van der Waals surface area contributed by atoms with E-state index < -0.39 is 5.97 Å². The molecule has 1 aliphatic rings. The Morgan fingerprint density at radius 1 is 1.67 bits per heavy atom. The number of aromatic carboxylic acids is 1. The Bertz CT molecular complexity index is 382. The van der Waals surface area contributed by atoms with Crippen LogP contribution in [0.1, 0.15) is 65.3 Å². The summed E-state index contributed by atoms with van der Waals surface area (Å²) in [6.07, 6.45) is 3.21. The molecule has 1 atom stereocenters. The predicted molar refractivity (Wildman–Crippen MR) is 59.8 cm³/mol. The van der Waals surface area contributed by atoms with E-state index in [-0.39, 0.29) is 0 Å². The van der Waals surface area contributed by atoms with E-state index in [4.69, 9.17) is 5.11 Å². The average molecular weight is 225 g/mol. The second-order valence-corrected chi connectivity index (χ2v) is 5.19. The van der Waals surface area contributed by atoms with Gasteiger partial charge in [0.15, 0.2) is 0 Å². The van der Waals surface area contributed by atoms with E-state index in [9.17, 15) is 4.79 Å². The maximum Gasteiger partial charge on any atom is 0.347 e. The third kappa shape index (κ3) is 2.04. The zero-order valence-corrected chi connectivity index (χ0v) is 9.80. The van der Waals surface area contributed by atoms with E-state index in [0.717, 1.165) is 30.0 Å². The number of nitrogens with zero attached hydrogens (tertiary/aromatic N) is 1. The molecule has 15 heavy (non-hydrogen) atoms. The average Bonchev–Trinajstić information content (AvgIpc) is 2.96. The number of aromatic nitrogens is 1. The van der Waals surface area contributed by atoms with Crippen LogP contribution in [0.3, 0.4) is 0 Å². The number of carboxylic acids is 1. The zero-order valence-electron chi connectivity index (χ0n) is 8.99. The van der Waals surface area contributed by atoms with Gasteiger partial charge < -0.3 is 5.11 Å².